The van der Waals surface area contributed by atoms with E-state index in [1.54, 1.807) is 30.3 Å². The summed E-state index contributed by atoms with van der Waals surface area (Å²) in [6, 6.07) is 12.0. The van der Waals surface area contributed by atoms with Crippen LogP contribution in [-0.4, -0.2) is 45.4 Å². The second-order valence-electron chi connectivity index (χ2n) is 10.9. The molecule has 0 saturated heterocycles. The first-order valence-electron chi connectivity index (χ1n) is 12.7. The Bertz CT molecular complexity index is 1470. The van der Waals surface area contributed by atoms with Gasteiger partial charge in [-0.3, -0.25) is 14.8 Å². The maximum absolute atomic E-state index is 12.9. The van der Waals surface area contributed by atoms with Gasteiger partial charge in [-0.25, -0.2) is 4.79 Å². The average molecular weight is 514 g/mol. The van der Waals surface area contributed by atoms with Gasteiger partial charge < -0.3 is 19.9 Å². The number of fused-ring (bicyclic) bond motifs is 3. The lowest BCUT2D eigenvalue weighted by atomic mass is 9.80. The normalized spacial score (nSPS) is 16.5. The van der Waals surface area contributed by atoms with Gasteiger partial charge in [-0.2, -0.15) is 0 Å². The molecule has 0 aliphatic carbocycles. The number of benzene rings is 2. The Morgan fingerprint density at radius 1 is 1.11 bits per heavy atom. The van der Waals surface area contributed by atoms with Gasteiger partial charge in [0.25, 0.3) is 5.91 Å². The Hall–Kier alpha value is -4.20. The van der Waals surface area contributed by atoms with Crippen LogP contribution in [0.2, 0.25) is 0 Å². The highest BCUT2D eigenvalue weighted by Crippen LogP contribution is 2.48. The molecule has 8 heteroatoms. The number of nitrogens with zero attached hydrogens (tertiary/aromatic N) is 2. The smallest absolute Gasteiger partial charge is 0.337 e. The summed E-state index contributed by atoms with van der Waals surface area (Å²) in [5, 5.41) is 12.6. The number of ether oxygens (including phenoxy) is 2. The number of carboxylic acid groups (broad SMARTS) is 1. The molecule has 0 spiro atoms. The standard InChI is InChI=1S/C30H31N3O5/c1-6-37-23-14-18-15-29(2,3)33-25(24(18)20-16-30(4,5)38-26(20)23)17-10-11-19(28(35)36)22(13-17)32-27(34)21-9-7-8-12-31-21/h7-14H,6,15-16H2,1-5H3,(H,32,34)(H,35,36). The number of aliphatic imine (C=N–C) groups is 1. The molecule has 0 bridgehead atoms. The van der Waals surface area contributed by atoms with Crippen LogP contribution in [0.5, 0.6) is 11.5 Å². The molecular weight excluding hydrogens is 482 g/mol. The molecule has 3 heterocycles. The van der Waals surface area contributed by atoms with Crippen LogP contribution in [0, 0.1) is 0 Å². The molecule has 0 radical (unpaired) electrons. The highest BCUT2D eigenvalue weighted by atomic mass is 16.5. The van der Waals surface area contributed by atoms with Crippen molar-refractivity contribution in [3.63, 3.8) is 0 Å². The summed E-state index contributed by atoms with van der Waals surface area (Å²) in [6.07, 6.45) is 2.91. The molecule has 8 nitrogen and oxygen atoms in total. The van der Waals surface area contributed by atoms with Crippen LogP contribution < -0.4 is 14.8 Å². The van der Waals surface area contributed by atoms with Crippen LogP contribution in [0.4, 0.5) is 5.69 Å². The van der Waals surface area contributed by atoms with Crippen molar-refractivity contribution in [3.8, 4) is 11.5 Å². The molecule has 0 saturated carbocycles. The Balaban J connectivity index is 1.66. The quantitative estimate of drug-likeness (QED) is 0.462. The molecular formula is C30H31N3O5. The molecule has 2 N–H and O–H groups in total. The minimum Gasteiger partial charge on any atom is -0.490 e. The van der Waals surface area contributed by atoms with E-state index < -0.39 is 23.0 Å². The highest BCUT2D eigenvalue weighted by molar-refractivity contribution is 6.17. The summed E-state index contributed by atoms with van der Waals surface area (Å²) < 4.78 is 12.3. The maximum atomic E-state index is 12.9. The Morgan fingerprint density at radius 2 is 1.89 bits per heavy atom. The fourth-order valence-corrected chi connectivity index (χ4v) is 5.21. The monoisotopic (exact) mass is 513 g/mol. The van der Waals surface area contributed by atoms with Crippen molar-refractivity contribution in [1.82, 2.24) is 4.98 Å². The number of amides is 1. The summed E-state index contributed by atoms with van der Waals surface area (Å²) in [7, 11) is 0. The molecule has 2 aliphatic heterocycles. The SMILES string of the molecule is CCOc1cc2c(c3c1OC(C)(C)C3)C(c1ccc(C(=O)O)c(NC(=O)c3ccccn3)c1)=NC(C)(C)C2. The predicted molar refractivity (Wildman–Crippen MR) is 145 cm³/mol. The second kappa shape index (κ2) is 9.28. The van der Waals surface area contributed by atoms with Crippen LogP contribution >= 0.6 is 0 Å². The van der Waals surface area contributed by atoms with Gasteiger partial charge in [-0.1, -0.05) is 12.1 Å². The molecule has 38 heavy (non-hydrogen) atoms. The number of rotatable bonds is 6. The third-order valence-corrected chi connectivity index (χ3v) is 6.65. The van der Waals surface area contributed by atoms with E-state index in [0.717, 1.165) is 40.3 Å². The average Bonchev–Trinajstić information content (AvgIpc) is 3.18. The molecule has 0 unspecified atom stereocenters. The lowest BCUT2D eigenvalue weighted by molar-refractivity contribution is 0.0698. The van der Waals surface area contributed by atoms with Gasteiger partial charge in [0.2, 0.25) is 0 Å². The molecule has 2 aliphatic rings. The van der Waals surface area contributed by atoms with E-state index in [1.165, 1.54) is 12.3 Å². The largest absolute Gasteiger partial charge is 0.490 e. The molecule has 0 fully saturated rings. The number of hydrogen-bond acceptors (Lipinski definition) is 6. The Morgan fingerprint density at radius 3 is 2.58 bits per heavy atom. The topological polar surface area (TPSA) is 110 Å². The first-order chi connectivity index (χ1) is 18.0. The number of pyridine rings is 1. The van der Waals surface area contributed by atoms with E-state index in [9.17, 15) is 14.7 Å². The van der Waals surface area contributed by atoms with Crippen molar-refractivity contribution < 1.29 is 24.2 Å². The van der Waals surface area contributed by atoms with E-state index in [-0.39, 0.29) is 16.9 Å². The van der Waals surface area contributed by atoms with Gasteiger partial charge in [-0.15, -0.1) is 0 Å². The molecule has 0 atom stereocenters. The lowest BCUT2D eigenvalue weighted by Crippen LogP contribution is -2.31. The number of anilines is 1. The zero-order valence-corrected chi connectivity index (χ0v) is 22.2. The molecule has 3 aromatic rings. The van der Waals surface area contributed by atoms with Crippen LogP contribution in [0.3, 0.4) is 0 Å². The van der Waals surface area contributed by atoms with Gasteiger partial charge in [0.15, 0.2) is 11.5 Å². The number of aromatic carboxylic acids is 1. The van der Waals surface area contributed by atoms with E-state index >= 15 is 0 Å². The fourth-order valence-electron chi connectivity index (χ4n) is 5.21. The number of carbonyl (C=O) groups is 2. The highest BCUT2D eigenvalue weighted by Gasteiger charge is 2.40. The third kappa shape index (κ3) is 4.74. The number of aromatic nitrogens is 1. The van der Waals surface area contributed by atoms with Gasteiger partial charge in [0.1, 0.15) is 11.3 Å². The van der Waals surface area contributed by atoms with E-state index in [4.69, 9.17) is 14.5 Å². The molecule has 1 aromatic heterocycles. The van der Waals surface area contributed by atoms with Gasteiger partial charge >= 0.3 is 5.97 Å². The molecule has 196 valence electrons. The van der Waals surface area contributed by atoms with Crippen molar-refractivity contribution in [3.05, 3.63) is 82.2 Å². The van der Waals surface area contributed by atoms with Crippen molar-refractivity contribution in [2.45, 2.75) is 58.6 Å². The second-order valence-corrected chi connectivity index (χ2v) is 10.9. The minimum atomic E-state index is -1.14. The van der Waals surface area contributed by atoms with E-state index in [0.29, 0.717) is 18.6 Å². The zero-order chi connectivity index (χ0) is 27.2. The number of carboxylic acids is 1. The number of hydrogen-bond donors (Lipinski definition) is 2. The van der Waals surface area contributed by atoms with Crippen LogP contribution in [0.15, 0.2) is 53.7 Å². The van der Waals surface area contributed by atoms with Gasteiger partial charge in [0, 0.05) is 29.3 Å². The van der Waals surface area contributed by atoms with Gasteiger partial charge in [0.05, 0.1) is 29.1 Å². The van der Waals surface area contributed by atoms with E-state index in [1.807, 2.05) is 26.8 Å². The van der Waals surface area contributed by atoms with Crippen LogP contribution in [0.25, 0.3) is 0 Å². The maximum Gasteiger partial charge on any atom is 0.337 e. The summed E-state index contributed by atoms with van der Waals surface area (Å²) >= 11 is 0. The molecule has 5 rings (SSSR count). The Kier molecular flexibility index (Phi) is 6.21. The third-order valence-electron chi connectivity index (χ3n) is 6.65. The summed E-state index contributed by atoms with van der Waals surface area (Å²) in [5.41, 5.74) is 4.10. The summed E-state index contributed by atoms with van der Waals surface area (Å²) in [4.78, 5) is 34.1. The van der Waals surface area contributed by atoms with Crippen molar-refractivity contribution in [2.75, 3.05) is 11.9 Å². The lowest BCUT2D eigenvalue weighted by Gasteiger charge is -2.31. The van der Waals surface area contributed by atoms with Crippen LogP contribution in [0.1, 0.15) is 77.7 Å². The van der Waals surface area contributed by atoms with Gasteiger partial charge in [-0.05, 0) is 76.9 Å². The fraction of sp³-hybridized carbons (Fsp3) is 0.333. The van der Waals surface area contributed by atoms with Crippen molar-refractivity contribution in [1.29, 1.82) is 0 Å². The summed E-state index contributed by atoms with van der Waals surface area (Å²) in [5.74, 6) is -0.173. The van der Waals surface area contributed by atoms with E-state index in [2.05, 4.69) is 24.1 Å². The molecule has 2 aromatic carbocycles. The predicted octanol–water partition coefficient (Wildman–Crippen LogP) is 5.32. The van der Waals surface area contributed by atoms with Crippen LogP contribution in [-0.2, 0) is 12.8 Å². The Labute approximate surface area is 221 Å². The van der Waals surface area contributed by atoms with Crippen molar-refractivity contribution >= 4 is 23.3 Å². The summed E-state index contributed by atoms with van der Waals surface area (Å²) in [6.45, 7) is 10.7. The number of nitrogens with one attached hydrogen (secondary N) is 1. The zero-order valence-electron chi connectivity index (χ0n) is 22.2. The molecule has 1 amide bonds. The number of carbonyl (C=O) groups excluding carboxylic acids is 1. The first kappa shape index (κ1) is 25.4. The minimum absolute atomic E-state index is 0.0182. The van der Waals surface area contributed by atoms with Crippen molar-refractivity contribution in [2.24, 2.45) is 4.99 Å². The first-order valence-corrected chi connectivity index (χ1v) is 12.7.